The van der Waals surface area contributed by atoms with Gasteiger partial charge in [0.1, 0.15) is 0 Å². The third-order valence-electron chi connectivity index (χ3n) is 3.70. The molecule has 1 heterocycles. The lowest BCUT2D eigenvalue weighted by Crippen LogP contribution is -2.49. The normalized spacial score (nSPS) is 19.1. The molecule has 0 radical (unpaired) electrons. The smallest absolute Gasteiger partial charge is 0.239 e. The second-order valence-corrected chi connectivity index (χ2v) is 4.93. The number of carbonyl (C=O) groups excluding carboxylic acids is 1. The number of benzene rings is 1. The van der Waals surface area contributed by atoms with Gasteiger partial charge in [-0.15, -0.1) is 0 Å². The standard InChI is InChI=1S/C15H22N2O3/c1-16-12-5-4-8-17(15(12)18)10-11-6-7-13(19-2)14(9-11)20-3/h6-7,9,12,16H,4-5,8,10H2,1-3H3. The Kier molecular flexibility index (Phi) is 4.84. The highest BCUT2D eigenvalue weighted by atomic mass is 16.5. The highest BCUT2D eigenvalue weighted by molar-refractivity contribution is 5.82. The van der Waals surface area contributed by atoms with Gasteiger partial charge < -0.3 is 19.7 Å². The molecule has 0 aromatic heterocycles. The van der Waals surface area contributed by atoms with E-state index in [0.29, 0.717) is 18.0 Å². The number of hydrogen-bond donors (Lipinski definition) is 1. The molecule has 2 rings (SSSR count). The molecular weight excluding hydrogens is 256 g/mol. The summed E-state index contributed by atoms with van der Waals surface area (Å²) in [5.41, 5.74) is 1.05. The van der Waals surface area contributed by atoms with Gasteiger partial charge in [-0.1, -0.05) is 6.07 Å². The van der Waals surface area contributed by atoms with Gasteiger partial charge in [-0.05, 0) is 37.6 Å². The fourth-order valence-electron chi connectivity index (χ4n) is 2.56. The van der Waals surface area contributed by atoms with Gasteiger partial charge in [0.05, 0.1) is 20.3 Å². The number of hydrogen-bond acceptors (Lipinski definition) is 4. The minimum atomic E-state index is -0.0520. The Balaban J connectivity index is 2.11. The Labute approximate surface area is 119 Å². The van der Waals surface area contributed by atoms with E-state index in [1.165, 1.54) is 0 Å². The summed E-state index contributed by atoms with van der Waals surface area (Å²) in [6.07, 6.45) is 1.95. The number of piperidine rings is 1. The van der Waals surface area contributed by atoms with Crippen molar-refractivity contribution in [2.45, 2.75) is 25.4 Å². The minimum Gasteiger partial charge on any atom is -0.493 e. The number of carbonyl (C=O) groups is 1. The maximum Gasteiger partial charge on any atom is 0.239 e. The molecule has 0 saturated carbocycles. The van der Waals surface area contributed by atoms with Gasteiger partial charge in [-0.2, -0.15) is 0 Å². The predicted molar refractivity (Wildman–Crippen MR) is 77.0 cm³/mol. The van der Waals surface area contributed by atoms with Crippen molar-refractivity contribution in [2.24, 2.45) is 0 Å². The van der Waals surface area contributed by atoms with Crippen LogP contribution in [0.5, 0.6) is 11.5 Å². The lowest BCUT2D eigenvalue weighted by Gasteiger charge is -2.32. The first-order chi connectivity index (χ1) is 9.69. The van der Waals surface area contributed by atoms with Crippen molar-refractivity contribution in [2.75, 3.05) is 27.8 Å². The van der Waals surface area contributed by atoms with Gasteiger partial charge in [0.25, 0.3) is 0 Å². The molecule has 20 heavy (non-hydrogen) atoms. The third-order valence-corrected chi connectivity index (χ3v) is 3.70. The zero-order chi connectivity index (χ0) is 14.5. The van der Waals surface area contributed by atoms with Crippen LogP contribution in [-0.2, 0) is 11.3 Å². The van der Waals surface area contributed by atoms with E-state index in [4.69, 9.17) is 9.47 Å². The lowest BCUT2D eigenvalue weighted by atomic mass is 10.0. The number of amides is 1. The average molecular weight is 278 g/mol. The number of likely N-dealkylation sites (tertiary alicyclic amines) is 1. The van der Waals surface area contributed by atoms with E-state index in [1.54, 1.807) is 14.2 Å². The van der Waals surface area contributed by atoms with Crippen molar-refractivity contribution in [3.63, 3.8) is 0 Å². The van der Waals surface area contributed by atoms with Crippen molar-refractivity contribution in [1.29, 1.82) is 0 Å². The first-order valence-corrected chi connectivity index (χ1v) is 6.86. The second-order valence-electron chi connectivity index (χ2n) is 4.93. The summed E-state index contributed by atoms with van der Waals surface area (Å²) < 4.78 is 10.5. The number of ether oxygens (including phenoxy) is 2. The van der Waals surface area contributed by atoms with Gasteiger partial charge in [-0.3, -0.25) is 4.79 Å². The molecule has 1 fully saturated rings. The number of nitrogens with one attached hydrogen (secondary N) is 1. The van der Waals surface area contributed by atoms with E-state index >= 15 is 0 Å². The Hall–Kier alpha value is -1.75. The van der Waals surface area contributed by atoms with Crippen LogP contribution in [0.4, 0.5) is 0 Å². The van der Waals surface area contributed by atoms with Crippen LogP contribution in [0.3, 0.4) is 0 Å². The first kappa shape index (κ1) is 14.7. The zero-order valence-corrected chi connectivity index (χ0v) is 12.3. The van der Waals surface area contributed by atoms with Crippen molar-refractivity contribution in [1.82, 2.24) is 10.2 Å². The monoisotopic (exact) mass is 278 g/mol. The van der Waals surface area contributed by atoms with Gasteiger partial charge in [0.2, 0.25) is 5.91 Å². The van der Waals surface area contributed by atoms with Crippen molar-refractivity contribution in [3.8, 4) is 11.5 Å². The average Bonchev–Trinajstić information content (AvgIpc) is 2.49. The first-order valence-electron chi connectivity index (χ1n) is 6.86. The molecule has 1 amide bonds. The topological polar surface area (TPSA) is 50.8 Å². The Bertz CT molecular complexity index is 476. The SMILES string of the molecule is CNC1CCCN(Cc2ccc(OC)c(OC)c2)C1=O. The van der Waals surface area contributed by atoms with Crippen molar-refractivity contribution < 1.29 is 14.3 Å². The fraction of sp³-hybridized carbons (Fsp3) is 0.533. The molecule has 1 unspecified atom stereocenters. The van der Waals surface area contributed by atoms with Crippen molar-refractivity contribution >= 4 is 5.91 Å². The maximum atomic E-state index is 12.2. The van der Waals surface area contributed by atoms with Gasteiger partial charge >= 0.3 is 0 Å². The van der Waals surface area contributed by atoms with E-state index in [9.17, 15) is 4.79 Å². The summed E-state index contributed by atoms with van der Waals surface area (Å²) in [6, 6.07) is 5.72. The van der Waals surface area contributed by atoms with E-state index in [1.807, 2.05) is 30.1 Å². The maximum absolute atomic E-state index is 12.2. The Morgan fingerprint density at radius 3 is 2.70 bits per heavy atom. The van der Waals surface area contributed by atoms with Crippen LogP contribution in [-0.4, -0.2) is 44.7 Å². The number of rotatable bonds is 5. The van der Waals surface area contributed by atoms with Crippen LogP contribution >= 0.6 is 0 Å². The molecule has 1 aliphatic heterocycles. The molecule has 1 atom stereocenters. The highest BCUT2D eigenvalue weighted by Crippen LogP contribution is 2.28. The second kappa shape index (κ2) is 6.61. The molecule has 0 spiro atoms. The summed E-state index contributed by atoms with van der Waals surface area (Å²) in [6.45, 7) is 1.42. The molecule has 0 bridgehead atoms. The summed E-state index contributed by atoms with van der Waals surface area (Å²) >= 11 is 0. The summed E-state index contributed by atoms with van der Waals surface area (Å²) in [5.74, 6) is 1.57. The van der Waals surface area contributed by atoms with Crippen molar-refractivity contribution in [3.05, 3.63) is 23.8 Å². The molecule has 110 valence electrons. The van der Waals surface area contributed by atoms with E-state index in [2.05, 4.69) is 5.32 Å². The summed E-state index contributed by atoms with van der Waals surface area (Å²) in [7, 11) is 5.07. The van der Waals surface area contributed by atoms with Gasteiger partial charge in [0, 0.05) is 13.1 Å². The van der Waals surface area contributed by atoms with Crippen LogP contribution in [0.2, 0.25) is 0 Å². The Morgan fingerprint density at radius 2 is 2.05 bits per heavy atom. The van der Waals surface area contributed by atoms with Crippen LogP contribution < -0.4 is 14.8 Å². The number of likely N-dealkylation sites (N-methyl/N-ethyl adjacent to an activating group) is 1. The molecule has 1 N–H and O–H groups in total. The molecule has 5 heteroatoms. The summed E-state index contributed by atoms with van der Waals surface area (Å²) in [4.78, 5) is 14.1. The highest BCUT2D eigenvalue weighted by Gasteiger charge is 2.27. The van der Waals surface area contributed by atoms with E-state index in [-0.39, 0.29) is 11.9 Å². The van der Waals surface area contributed by atoms with Gasteiger partial charge in [-0.25, -0.2) is 0 Å². The van der Waals surface area contributed by atoms with E-state index in [0.717, 1.165) is 24.9 Å². The Morgan fingerprint density at radius 1 is 1.30 bits per heavy atom. The molecule has 1 saturated heterocycles. The summed E-state index contributed by atoms with van der Waals surface area (Å²) in [5, 5.41) is 3.07. The van der Waals surface area contributed by atoms with E-state index < -0.39 is 0 Å². The molecule has 1 aliphatic rings. The van der Waals surface area contributed by atoms with Gasteiger partial charge in [0.15, 0.2) is 11.5 Å². The molecule has 5 nitrogen and oxygen atoms in total. The van der Waals surface area contributed by atoms with Crippen LogP contribution in [0.25, 0.3) is 0 Å². The van der Waals surface area contributed by atoms with Crippen LogP contribution in [0, 0.1) is 0 Å². The fourth-order valence-corrected chi connectivity index (χ4v) is 2.56. The number of nitrogens with zero attached hydrogens (tertiary/aromatic N) is 1. The molecule has 1 aromatic rings. The minimum absolute atomic E-state index is 0.0520. The third kappa shape index (κ3) is 3.04. The van der Waals surface area contributed by atoms with Crippen LogP contribution in [0.1, 0.15) is 18.4 Å². The number of methoxy groups -OCH3 is 2. The van der Waals surface area contributed by atoms with Crippen LogP contribution in [0.15, 0.2) is 18.2 Å². The zero-order valence-electron chi connectivity index (χ0n) is 12.3. The quantitative estimate of drug-likeness (QED) is 0.885. The largest absolute Gasteiger partial charge is 0.493 e. The predicted octanol–water partition coefficient (Wildman–Crippen LogP) is 1.41. The molecule has 1 aromatic carbocycles. The lowest BCUT2D eigenvalue weighted by molar-refractivity contribution is -0.136. The molecular formula is C15H22N2O3. The molecule has 0 aliphatic carbocycles.